The quantitative estimate of drug-likeness (QED) is 0.697. The van der Waals surface area contributed by atoms with Gasteiger partial charge < -0.3 is 0 Å². The lowest BCUT2D eigenvalue weighted by atomic mass is 9.86. The molecule has 4 heteroatoms. The molecule has 0 bridgehead atoms. The molecule has 1 unspecified atom stereocenters. The molecule has 0 fully saturated rings. The molecule has 0 aromatic heterocycles. The Morgan fingerprint density at radius 2 is 1.44 bits per heavy atom. The minimum Gasteiger partial charge on any atom is -0.289 e. The van der Waals surface area contributed by atoms with Crippen LogP contribution in [0.3, 0.4) is 0 Å². The van der Waals surface area contributed by atoms with Gasteiger partial charge in [0.05, 0.1) is 0 Å². The number of hydrogen-bond donors (Lipinski definition) is 0. The molecule has 0 saturated heterocycles. The van der Waals surface area contributed by atoms with E-state index in [1.807, 2.05) is 37.5 Å². The van der Waals surface area contributed by atoms with Crippen LogP contribution in [0, 0.1) is 11.3 Å². The second kappa shape index (κ2) is 5.66. The van der Waals surface area contributed by atoms with E-state index in [2.05, 4.69) is 27.7 Å². The minimum absolute atomic E-state index is 0.308. The first kappa shape index (κ1) is 16.1. The Morgan fingerprint density at radius 1 is 1.06 bits per heavy atom. The highest BCUT2D eigenvalue weighted by atomic mass is 31.2. The van der Waals surface area contributed by atoms with Gasteiger partial charge in [0.15, 0.2) is 0 Å². The smallest absolute Gasteiger partial charge is 0.215 e. The van der Waals surface area contributed by atoms with E-state index in [-0.39, 0.29) is 0 Å². The lowest BCUT2D eigenvalue weighted by Gasteiger charge is -2.34. The van der Waals surface area contributed by atoms with E-state index in [1.165, 1.54) is 0 Å². The standard InChI is InChI=1S/C12H29N2OP/c1-11(9-12(2,3)4)10-16(15,13(5)6)14(7)8/h11H,9-10H2,1-8H3. The molecule has 0 heterocycles. The average Bonchev–Trinajstić information content (AvgIpc) is 1.98. The minimum atomic E-state index is -2.34. The highest BCUT2D eigenvalue weighted by Crippen LogP contribution is 2.51. The van der Waals surface area contributed by atoms with Gasteiger partial charge in [-0.05, 0) is 45.9 Å². The summed E-state index contributed by atoms with van der Waals surface area (Å²) >= 11 is 0. The van der Waals surface area contributed by atoms with Crippen LogP contribution in [0.5, 0.6) is 0 Å². The van der Waals surface area contributed by atoms with E-state index in [9.17, 15) is 4.57 Å². The van der Waals surface area contributed by atoms with E-state index < -0.39 is 7.44 Å². The van der Waals surface area contributed by atoms with E-state index >= 15 is 0 Å². The summed E-state index contributed by atoms with van der Waals surface area (Å²) in [5.41, 5.74) is 0.308. The van der Waals surface area contributed by atoms with Crippen molar-refractivity contribution in [2.24, 2.45) is 11.3 Å². The summed E-state index contributed by atoms with van der Waals surface area (Å²) in [6.07, 6.45) is 1.88. The average molecular weight is 248 g/mol. The van der Waals surface area contributed by atoms with Gasteiger partial charge in [0.2, 0.25) is 7.44 Å². The molecule has 3 nitrogen and oxygen atoms in total. The lowest BCUT2D eigenvalue weighted by Crippen LogP contribution is -2.26. The highest BCUT2D eigenvalue weighted by molar-refractivity contribution is 7.59. The zero-order chi connectivity index (χ0) is 13.1. The van der Waals surface area contributed by atoms with Gasteiger partial charge in [0.1, 0.15) is 0 Å². The zero-order valence-electron chi connectivity index (χ0n) is 12.2. The lowest BCUT2D eigenvalue weighted by molar-refractivity contribution is 0.315. The Hall–Kier alpha value is 0.150. The Balaban J connectivity index is 4.61. The number of nitrogens with zero attached hydrogens (tertiary/aromatic N) is 2. The van der Waals surface area contributed by atoms with Gasteiger partial charge in [-0.2, -0.15) is 0 Å². The number of rotatable bonds is 5. The van der Waals surface area contributed by atoms with Crippen molar-refractivity contribution in [2.45, 2.75) is 34.1 Å². The normalized spacial score (nSPS) is 15.9. The molecule has 16 heavy (non-hydrogen) atoms. The van der Waals surface area contributed by atoms with Gasteiger partial charge in [-0.25, -0.2) is 9.34 Å². The molecule has 0 N–H and O–H groups in total. The summed E-state index contributed by atoms with van der Waals surface area (Å²) in [5.74, 6) is 0.482. The summed E-state index contributed by atoms with van der Waals surface area (Å²) in [5, 5.41) is 0. The first-order valence-corrected chi connectivity index (χ1v) is 7.73. The van der Waals surface area contributed by atoms with Gasteiger partial charge in [-0.1, -0.05) is 27.7 Å². The maximum absolute atomic E-state index is 12.8. The predicted octanol–water partition coefficient (Wildman–Crippen LogP) is 3.38. The molecule has 0 spiro atoms. The Kier molecular flexibility index (Phi) is 5.71. The van der Waals surface area contributed by atoms with E-state index in [0.29, 0.717) is 11.3 Å². The van der Waals surface area contributed by atoms with Gasteiger partial charge in [0, 0.05) is 6.16 Å². The van der Waals surface area contributed by atoms with Crippen LogP contribution in [0.4, 0.5) is 0 Å². The molecule has 0 aromatic carbocycles. The van der Waals surface area contributed by atoms with Crippen LogP contribution >= 0.6 is 7.44 Å². The summed E-state index contributed by atoms with van der Waals surface area (Å²) in [6, 6.07) is 0. The summed E-state index contributed by atoms with van der Waals surface area (Å²) in [4.78, 5) is 0. The molecule has 0 saturated carbocycles. The van der Waals surface area contributed by atoms with Gasteiger partial charge >= 0.3 is 0 Å². The van der Waals surface area contributed by atoms with Crippen LogP contribution in [0.15, 0.2) is 0 Å². The van der Waals surface area contributed by atoms with Crippen LogP contribution < -0.4 is 0 Å². The van der Waals surface area contributed by atoms with Crippen molar-refractivity contribution >= 4 is 7.44 Å². The Bertz CT molecular complexity index is 244. The van der Waals surface area contributed by atoms with Crippen molar-refractivity contribution in [3.63, 3.8) is 0 Å². The third kappa shape index (κ3) is 4.99. The molecule has 0 rings (SSSR count). The van der Waals surface area contributed by atoms with Crippen molar-refractivity contribution in [3.05, 3.63) is 0 Å². The SMILES string of the molecule is CC(CC(C)(C)C)CP(=O)(N(C)C)N(C)C. The molecular formula is C12H29N2OP. The van der Waals surface area contributed by atoms with Crippen LogP contribution in [0.2, 0.25) is 0 Å². The molecule has 1 atom stereocenters. The zero-order valence-corrected chi connectivity index (χ0v) is 13.1. The van der Waals surface area contributed by atoms with Crippen LogP contribution in [0.1, 0.15) is 34.1 Å². The fourth-order valence-electron chi connectivity index (χ4n) is 2.20. The molecule has 0 aliphatic rings. The van der Waals surface area contributed by atoms with Crippen LogP contribution in [-0.4, -0.2) is 43.7 Å². The molecule has 0 aliphatic heterocycles. The van der Waals surface area contributed by atoms with Crippen LogP contribution in [0.25, 0.3) is 0 Å². The molecule has 0 radical (unpaired) electrons. The van der Waals surface area contributed by atoms with Crippen molar-refractivity contribution in [3.8, 4) is 0 Å². The van der Waals surface area contributed by atoms with E-state index in [1.54, 1.807) is 0 Å². The summed E-state index contributed by atoms with van der Waals surface area (Å²) in [7, 11) is 5.29. The van der Waals surface area contributed by atoms with Gasteiger partial charge in [-0.15, -0.1) is 0 Å². The molecule has 0 aromatic rings. The van der Waals surface area contributed by atoms with E-state index in [0.717, 1.165) is 12.6 Å². The fourth-order valence-corrected chi connectivity index (χ4v) is 4.51. The number of hydrogen-bond acceptors (Lipinski definition) is 1. The maximum atomic E-state index is 12.8. The highest BCUT2D eigenvalue weighted by Gasteiger charge is 2.31. The van der Waals surface area contributed by atoms with Crippen molar-refractivity contribution in [2.75, 3.05) is 34.4 Å². The van der Waals surface area contributed by atoms with Crippen LogP contribution in [-0.2, 0) is 4.57 Å². The molecule has 0 amide bonds. The third-order valence-corrected chi connectivity index (χ3v) is 6.36. The Labute approximate surface area is 102 Å². The largest absolute Gasteiger partial charge is 0.289 e. The fraction of sp³-hybridized carbons (Fsp3) is 1.00. The predicted molar refractivity (Wildman–Crippen MR) is 73.1 cm³/mol. The van der Waals surface area contributed by atoms with Crippen molar-refractivity contribution in [1.82, 2.24) is 9.34 Å². The maximum Gasteiger partial charge on any atom is 0.215 e. The molecule has 0 aliphatic carbocycles. The van der Waals surface area contributed by atoms with Crippen molar-refractivity contribution in [1.29, 1.82) is 0 Å². The first-order valence-electron chi connectivity index (χ1n) is 5.94. The second-order valence-electron chi connectivity index (χ2n) is 6.41. The van der Waals surface area contributed by atoms with Gasteiger partial charge in [-0.3, -0.25) is 4.57 Å². The summed E-state index contributed by atoms with van der Waals surface area (Å²) in [6.45, 7) is 8.91. The summed E-state index contributed by atoms with van der Waals surface area (Å²) < 4.78 is 16.5. The van der Waals surface area contributed by atoms with E-state index in [4.69, 9.17) is 0 Å². The van der Waals surface area contributed by atoms with Crippen molar-refractivity contribution < 1.29 is 4.57 Å². The van der Waals surface area contributed by atoms with Gasteiger partial charge in [0.25, 0.3) is 0 Å². The first-order chi connectivity index (χ1) is 6.99. The topological polar surface area (TPSA) is 23.6 Å². The Morgan fingerprint density at radius 3 is 1.69 bits per heavy atom. The monoisotopic (exact) mass is 248 g/mol. The third-order valence-electron chi connectivity index (χ3n) is 2.76. The second-order valence-corrected chi connectivity index (χ2v) is 9.71. The molecular weight excluding hydrogens is 219 g/mol. The molecule has 98 valence electrons.